The van der Waals surface area contributed by atoms with E-state index in [-0.39, 0.29) is 5.78 Å². The number of Topliss-reactive ketones (excluding diaryl/α,β-unsaturated/α-hetero) is 1. The first-order chi connectivity index (χ1) is 9.72. The van der Waals surface area contributed by atoms with Crippen molar-refractivity contribution in [1.82, 2.24) is 0 Å². The zero-order chi connectivity index (χ0) is 14.4. The van der Waals surface area contributed by atoms with Crippen LogP contribution in [0.4, 0.5) is 0 Å². The molecule has 0 aliphatic heterocycles. The second-order valence-corrected chi connectivity index (χ2v) is 4.89. The molecule has 2 nitrogen and oxygen atoms in total. The highest BCUT2D eigenvalue weighted by Crippen LogP contribution is 2.25. The molecule has 1 heterocycles. The molecule has 0 N–H and O–H groups in total. The van der Waals surface area contributed by atoms with Crippen LogP contribution in [0.15, 0.2) is 47.1 Å². The maximum absolute atomic E-state index is 11.7. The number of hydrogen-bond donors (Lipinski definition) is 0. The van der Waals surface area contributed by atoms with Gasteiger partial charge in [0.05, 0.1) is 6.26 Å². The van der Waals surface area contributed by atoms with Crippen molar-refractivity contribution in [3.8, 4) is 0 Å². The Labute approximate surface area is 120 Å². The first kappa shape index (κ1) is 14.3. The zero-order valence-electron chi connectivity index (χ0n) is 12.1. The first-order valence-electron chi connectivity index (χ1n) is 7.06. The van der Waals surface area contributed by atoms with Crippen LogP contribution in [-0.4, -0.2) is 5.78 Å². The fourth-order valence-corrected chi connectivity index (χ4v) is 2.23. The molecule has 1 aromatic carbocycles. The van der Waals surface area contributed by atoms with Crippen molar-refractivity contribution in [3.63, 3.8) is 0 Å². The Balaban J connectivity index is 2.40. The Morgan fingerprint density at radius 3 is 2.65 bits per heavy atom. The summed E-state index contributed by atoms with van der Waals surface area (Å²) in [6, 6.07) is 11.6. The van der Waals surface area contributed by atoms with Gasteiger partial charge in [0, 0.05) is 5.56 Å². The van der Waals surface area contributed by atoms with Gasteiger partial charge in [-0.05, 0) is 49.1 Å². The molecule has 0 spiro atoms. The largest absolute Gasteiger partial charge is 0.465 e. The Morgan fingerprint density at radius 1 is 1.20 bits per heavy atom. The van der Waals surface area contributed by atoms with Crippen molar-refractivity contribution in [3.05, 3.63) is 59.5 Å². The third kappa shape index (κ3) is 3.47. The molecule has 0 amide bonds. The molecule has 104 valence electrons. The lowest BCUT2D eigenvalue weighted by molar-refractivity contribution is 0.101. The van der Waals surface area contributed by atoms with Crippen LogP contribution in [0.3, 0.4) is 0 Å². The molecule has 0 radical (unpaired) electrons. The van der Waals surface area contributed by atoms with Gasteiger partial charge in [-0.3, -0.25) is 4.79 Å². The lowest BCUT2D eigenvalue weighted by atomic mass is 9.98. The highest BCUT2D eigenvalue weighted by Gasteiger charge is 2.08. The van der Waals surface area contributed by atoms with E-state index in [0.29, 0.717) is 0 Å². The molecule has 0 saturated heterocycles. The lowest BCUT2D eigenvalue weighted by Gasteiger charge is -2.07. The monoisotopic (exact) mass is 268 g/mol. The molecule has 0 aliphatic carbocycles. The third-order valence-corrected chi connectivity index (χ3v) is 3.31. The number of ketones is 1. The second-order valence-electron chi connectivity index (χ2n) is 4.89. The summed E-state index contributed by atoms with van der Waals surface area (Å²) in [5.74, 6) is 0.975. The van der Waals surface area contributed by atoms with Crippen molar-refractivity contribution in [2.75, 3.05) is 0 Å². The Morgan fingerprint density at radius 2 is 2.00 bits per heavy atom. The van der Waals surface area contributed by atoms with Crippen LogP contribution in [0.1, 0.15) is 54.8 Å². The van der Waals surface area contributed by atoms with E-state index >= 15 is 0 Å². The van der Waals surface area contributed by atoms with E-state index in [0.717, 1.165) is 41.7 Å². The van der Waals surface area contributed by atoms with E-state index in [2.05, 4.69) is 13.0 Å². The Kier molecular flexibility index (Phi) is 4.94. The SMILES string of the molecule is CCCC/C(=C/c1ccccc1C(C)=O)c1ccco1. The molecule has 20 heavy (non-hydrogen) atoms. The van der Waals surface area contributed by atoms with Gasteiger partial charge in [-0.25, -0.2) is 0 Å². The predicted molar refractivity (Wildman–Crippen MR) is 82.6 cm³/mol. The number of furan rings is 1. The average Bonchev–Trinajstić information content (AvgIpc) is 2.97. The molecule has 0 fully saturated rings. The number of hydrogen-bond acceptors (Lipinski definition) is 2. The number of allylic oxidation sites excluding steroid dienone is 1. The summed E-state index contributed by atoms with van der Waals surface area (Å²) in [6.07, 6.45) is 6.95. The van der Waals surface area contributed by atoms with Gasteiger partial charge in [-0.15, -0.1) is 0 Å². The molecule has 0 unspecified atom stereocenters. The molecule has 0 atom stereocenters. The topological polar surface area (TPSA) is 30.2 Å². The van der Waals surface area contributed by atoms with E-state index in [9.17, 15) is 4.79 Å². The molecular weight excluding hydrogens is 248 g/mol. The third-order valence-electron chi connectivity index (χ3n) is 3.31. The molecule has 0 aliphatic rings. The van der Waals surface area contributed by atoms with Crippen LogP contribution in [0.5, 0.6) is 0 Å². The van der Waals surface area contributed by atoms with Crippen molar-refractivity contribution in [2.45, 2.75) is 33.1 Å². The van der Waals surface area contributed by atoms with Gasteiger partial charge in [0.1, 0.15) is 5.76 Å². The van der Waals surface area contributed by atoms with Gasteiger partial charge >= 0.3 is 0 Å². The quantitative estimate of drug-likeness (QED) is 0.673. The molecule has 2 heteroatoms. The van der Waals surface area contributed by atoms with Crippen LogP contribution in [-0.2, 0) is 0 Å². The molecule has 2 rings (SSSR count). The molecule has 1 aromatic heterocycles. The van der Waals surface area contributed by atoms with Crippen LogP contribution in [0.2, 0.25) is 0 Å². The van der Waals surface area contributed by atoms with Crippen molar-refractivity contribution >= 4 is 17.4 Å². The Bertz CT molecular complexity index is 592. The summed E-state index contributed by atoms with van der Waals surface area (Å²) in [5, 5.41) is 0. The van der Waals surface area contributed by atoms with Crippen LogP contribution >= 0.6 is 0 Å². The minimum absolute atomic E-state index is 0.0890. The zero-order valence-corrected chi connectivity index (χ0v) is 12.1. The van der Waals surface area contributed by atoms with Gasteiger partial charge in [-0.1, -0.05) is 37.6 Å². The van der Waals surface area contributed by atoms with Gasteiger partial charge in [0.15, 0.2) is 5.78 Å². The Hall–Kier alpha value is -2.09. The van der Waals surface area contributed by atoms with E-state index in [1.165, 1.54) is 0 Å². The first-order valence-corrected chi connectivity index (χ1v) is 7.06. The minimum Gasteiger partial charge on any atom is -0.465 e. The van der Waals surface area contributed by atoms with Gasteiger partial charge in [-0.2, -0.15) is 0 Å². The molecule has 0 saturated carbocycles. The smallest absolute Gasteiger partial charge is 0.160 e. The number of benzene rings is 1. The van der Waals surface area contributed by atoms with E-state index < -0.39 is 0 Å². The summed E-state index contributed by atoms with van der Waals surface area (Å²) in [6.45, 7) is 3.77. The standard InChI is InChI=1S/C18H20O2/c1-3-4-8-16(18-11-7-12-20-18)13-15-9-5-6-10-17(15)14(2)19/h5-7,9-13H,3-4,8H2,1-2H3/b16-13-. The van der Waals surface area contributed by atoms with E-state index in [4.69, 9.17) is 4.42 Å². The lowest BCUT2D eigenvalue weighted by Crippen LogP contribution is -1.96. The predicted octanol–water partition coefficient (Wildman–Crippen LogP) is 5.21. The summed E-state index contributed by atoms with van der Waals surface area (Å²) in [4.78, 5) is 11.7. The molecular formula is C18H20O2. The van der Waals surface area contributed by atoms with Gasteiger partial charge in [0.25, 0.3) is 0 Å². The van der Waals surface area contributed by atoms with Crippen LogP contribution in [0, 0.1) is 0 Å². The highest BCUT2D eigenvalue weighted by molar-refractivity contribution is 5.99. The summed E-state index contributed by atoms with van der Waals surface area (Å²) >= 11 is 0. The van der Waals surface area contributed by atoms with Crippen molar-refractivity contribution in [2.24, 2.45) is 0 Å². The second kappa shape index (κ2) is 6.90. The normalized spacial score (nSPS) is 11.6. The highest BCUT2D eigenvalue weighted by atomic mass is 16.3. The maximum atomic E-state index is 11.7. The van der Waals surface area contributed by atoms with E-state index in [1.807, 2.05) is 36.4 Å². The number of rotatable bonds is 6. The van der Waals surface area contributed by atoms with Crippen LogP contribution in [0.25, 0.3) is 11.6 Å². The maximum Gasteiger partial charge on any atom is 0.160 e. The number of carbonyl (C=O) groups excluding carboxylic acids is 1. The minimum atomic E-state index is 0.0890. The van der Waals surface area contributed by atoms with Crippen molar-refractivity contribution < 1.29 is 9.21 Å². The number of carbonyl (C=O) groups is 1. The molecule has 0 bridgehead atoms. The van der Waals surface area contributed by atoms with E-state index in [1.54, 1.807) is 13.2 Å². The van der Waals surface area contributed by atoms with Crippen molar-refractivity contribution in [1.29, 1.82) is 0 Å². The van der Waals surface area contributed by atoms with Crippen LogP contribution < -0.4 is 0 Å². The molecule has 2 aromatic rings. The van der Waals surface area contributed by atoms with Gasteiger partial charge < -0.3 is 4.42 Å². The fraction of sp³-hybridized carbons (Fsp3) is 0.278. The summed E-state index contributed by atoms with van der Waals surface area (Å²) < 4.78 is 5.51. The summed E-state index contributed by atoms with van der Waals surface area (Å²) in [5.41, 5.74) is 2.86. The van der Waals surface area contributed by atoms with Gasteiger partial charge in [0.2, 0.25) is 0 Å². The average molecular weight is 268 g/mol. The number of unbranched alkanes of at least 4 members (excludes halogenated alkanes) is 1. The fourth-order valence-electron chi connectivity index (χ4n) is 2.23. The summed E-state index contributed by atoms with van der Waals surface area (Å²) in [7, 11) is 0.